The Morgan fingerprint density at radius 3 is 2.05 bits per heavy atom. The fraction of sp³-hybridized carbons (Fsp3) is 0.647. The molecule has 8 nitrogen and oxygen atoms in total. The van der Waals surface area contributed by atoms with Gasteiger partial charge in [0.2, 0.25) is 6.08 Å². The van der Waals surface area contributed by atoms with Crippen LogP contribution >= 0.6 is 12.2 Å². The Morgan fingerprint density at radius 2 is 1.51 bits per heavy atom. The molecule has 0 saturated carbocycles. The second kappa shape index (κ2) is 19.4. The van der Waals surface area contributed by atoms with E-state index in [2.05, 4.69) is 56.7 Å². The van der Waals surface area contributed by atoms with Crippen molar-refractivity contribution in [3.8, 4) is 0 Å². The Bertz CT molecular complexity index is 1110. The lowest BCUT2D eigenvalue weighted by Gasteiger charge is -2.38. The van der Waals surface area contributed by atoms with E-state index in [1.54, 1.807) is 9.80 Å². The third kappa shape index (κ3) is 10.1. The lowest BCUT2D eigenvalue weighted by molar-refractivity contribution is -0.134. The highest BCUT2D eigenvalue weighted by Crippen LogP contribution is 2.37. The van der Waals surface area contributed by atoms with Crippen LogP contribution in [0.3, 0.4) is 0 Å². The van der Waals surface area contributed by atoms with Crippen molar-refractivity contribution >= 4 is 35.2 Å². The summed E-state index contributed by atoms with van der Waals surface area (Å²) in [4.78, 5) is 45.6. The second-order valence-electron chi connectivity index (χ2n) is 11.1. The van der Waals surface area contributed by atoms with Gasteiger partial charge in [0.1, 0.15) is 17.1 Å². The van der Waals surface area contributed by atoms with Crippen LogP contribution in [0, 0.1) is 0 Å². The molecule has 1 atom stereocenters. The van der Waals surface area contributed by atoms with Gasteiger partial charge >= 0.3 is 0 Å². The van der Waals surface area contributed by atoms with Gasteiger partial charge in [-0.1, -0.05) is 79.2 Å². The minimum atomic E-state index is -0.352. The number of fused-ring (bicyclic) bond motifs is 1. The summed E-state index contributed by atoms with van der Waals surface area (Å²) in [5.41, 5.74) is 2.13. The third-order valence-corrected chi connectivity index (χ3v) is 8.42. The van der Waals surface area contributed by atoms with E-state index in [9.17, 15) is 14.4 Å². The molecule has 0 aromatic rings. The number of likely N-dealkylation sites (N-methyl/N-ethyl adjacent to an activating group) is 1. The number of rotatable bonds is 15. The van der Waals surface area contributed by atoms with E-state index in [0.717, 1.165) is 68.5 Å². The van der Waals surface area contributed by atoms with Crippen molar-refractivity contribution in [1.82, 2.24) is 14.7 Å². The first-order chi connectivity index (χ1) is 20.8. The number of unbranched alkanes of at least 4 members (excludes halogenated alkanes) is 6. The van der Waals surface area contributed by atoms with Crippen molar-refractivity contribution in [1.29, 1.82) is 0 Å². The molecule has 0 spiro atoms. The topological polar surface area (TPSA) is 82.5 Å². The number of thiocarbonyl (C=S) groups is 1. The summed E-state index contributed by atoms with van der Waals surface area (Å²) in [6.07, 6.45) is 18.2. The summed E-state index contributed by atoms with van der Waals surface area (Å²) in [7, 11) is 0. The number of carbonyl (C=O) groups is 2. The standard InChI is InChI=1S/C26H37N3O3S.C8H15NO/c1-6-10-14-28-24(30)23(25(31)29(26(28)33)15-11-7-2)22-16-18(5)20-13-12-19(17-21(20)32-22)27(8-3)9-4;1-2-3-4-5-6-7-9-8-10/h13,16-17,19H,6-12,14-15H2,1-5H3;2-7H2,1H3. The van der Waals surface area contributed by atoms with Gasteiger partial charge < -0.3 is 4.74 Å². The smallest absolute Gasteiger partial charge is 0.269 e. The van der Waals surface area contributed by atoms with Crippen LogP contribution in [-0.4, -0.2) is 76.5 Å². The zero-order valence-corrected chi connectivity index (χ0v) is 28.1. The Morgan fingerprint density at radius 1 is 0.930 bits per heavy atom. The molecule has 0 aromatic carbocycles. The molecule has 1 saturated heterocycles. The summed E-state index contributed by atoms with van der Waals surface area (Å²) in [6.45, 7) is 16.2. The van der Waals surface area contributed by atoms with Crippen molar-refractivity contribution in [2.75, 3.05) is 32.7 Å². The lowest BCUT2D eigenvalue weighted by atomic mass is 9.92. The summed E-state index contributed by atoms with van der Waals surface area (Å²) >= 11 is 5.58. The molecule has 1 aliphatic carbocycles. The predicted octanol–water partition coefficient (Wildman–Crippen LogP) is 6.99. The Balaban J connectivity index is 0.000000553. The fourth-order valence-corrected chi connectivity index (χ4v) is 5.72. The molecule has 0 bridgehead atoms. The van der Waals surface area contributed by atoms with Gasteiger partial charge in [-0.2, -0.15) is 0 Å². The average Bonchev–Trinajstić information content (AvgIpc) is 3.00. The molecule has 9 heteroatoms. The van der Waals surface area contributed by atoms with Gasteiger partial charge in [0.15, 0.2) is 5.11 Å². The maximum atomic E-state index is 13.5. The number of carbonyl (C=O) groups excluding carboxylic acids is 3. The van der Waals surface area contributed by atoms with Gasteiger partial charge in [-0.05, 0) is 75.6 Å². The van der Waals surface area contributed by atoms with E-state index >= 15 is 0 Å². The van der Waals surface area contributed by atoms with Gasteiger partial charge in [-0.3, -0.25) is 24.3 Å². The van der Waals surface area contributed by atoms with Crippen LogP contribution in [0.25, 0.3) is 0 Å². The van der Waals surface area contributed by atoms with Gasteiger partial charge in [-0.25, -0.2) is 9.79 Å². The van der Waals surface area contributed by atoms with Crippen molar-refractivity contribution in [2.24, 2.45) is 4.99 Å². The summed E-state index contributed by atoms with van der Waals surface area (Å²) in [6, 6.07) is 0.239. The molecule has 1 unspecified atom stereocenters. The molecule has 0 radical (unpaired) electrons. The van der Waals surface area contributed by atoms with Gasteiger partial charge in [0.25, 0.3) is 11.8 Å². The number of ether oxygens (including phenoxy) is 1. The molecule has 3 aliphatic rings. The highest BCUT2D eigenvalue weighted by Gasteiger charge is 2.42. The zero-order chi connectivity index (χ0) is 31.8. The van der Waals surface area contributed by atoms with Crippen molar-refractivity contribution in [2.45, 2.75) is 112 Å². The number of aliphatic imine (C=N–C) groups is 1. The number of allylic oxidation sites excluding steroid dienone is 2. The number of isocyanates is 1. The van der Waals surface area contributed by atoms with Gasteiger partial charge in [0, 0.05) is 24.7 Å². The Hall–Kier alpha value is -2.87. The van der Waals surface area contributed by atoms with Crippen molar-refractivity contribution in [3.63, 3.8) is 0 Å². The van der Waals surface area contributed by atoms with Crippen LogP contribution in [0.2, 0.25) is 0 Å². The van der Waals surface area contributed by atoms with Crippen LogP contribution in [0.4, 0.5) is 0 Å². The molecule has 43 heavy (non-hydrogen) atoms. The predicted molar refractivity (Wildman–Crippen MR) is 177 cm³/mol. The minimum Gasteiger partial charge on any atom is -0.456 e. The zero-order valence-electron chi connectivity index (χ0n) is 27.2. The Kier molecular flexibility index (Phi) is 16.4. The highest BCUT2D eigenvalue weighted by atomic mass is 32.1. The molecule has 3 rings (SSSR count). The molecule has 238 valence electrons. The second-order valence-corrected chi connectivity index (χ2v) is 11.5. The highest BCUT2D eigenvalue weighted by molar-refractivity contribution is 7.80. The van der Waals surface area contributed by atoms with Crippen molar-refractivity contribution < 1.29 is 19.1 Å². The van der Waals surface area contributed by atoms with Gasteiger partial charge in [0.05, 0.1) is 6.54 Å². The molecular weight excluding hydrogens is 560 g/mol. The largest absolute Gasteiger partial charge is 0.456 e. The van der Waals surface area contributed by atoms with Crippen molar-refractivity contribution in [3.05, 3.63) is 46.5 Å². The normalized spacial score (nSPS) is 18.3. The first-order valence-corrected chi connectivity index (χ1v) is 16.7. The molecule has 0 N–H and O–H groups in total. The van der Waals surface area contributed by atoms with E-state index in [-0.39, 0.29) is 23.4 Å². The number of amides is 2. The summed E-state index contributed by atoms with van der Waals surface area (Å²) in [5, 5.41) is 0.312. The Labute approximate surface area is 264 Å². The van der Waals surface area contributed by atoms with E-state index in [4.69, 9.17) is 17.0 Å². The summed E-state index contributed by atoms with van der Waals surface area (Å²) in [5.74, 6) is 0.356. The first-order valence-electron chi connectivity index (χ1n) is 16.3. The molecule has 2 heterocycles. The van der Waals surface area contributed by atoms with E-state index in [1.165, 1.54) is 31.8 Å². The average molecular weight is 613 g/mol. The maximum Gasteiger partial charge on any atom is 0.269 e. The number of hydrogen-bond acceptors (Lipinski definition) is 7. The number of hydrogen-bond donors (Lipinski definition) is 0. The third-order valence-electron chi connectivity index (χ3n) is 7.98. The molecule has 2 aliphatic heterocycles. The van der Waals surface area contributed by atoms with E-state index in [1.807, 2.05) is 13.0 Å². The number of nitrogens with zero attached hydrogens (tertiary/aromatic N) is 4. The van der Waals surface area contributed by atoms with E-state index in [0.29, 0.717) is 30.5 Å². The first kappa shape index (κ1) is 36.3. The quantitative estimate of drug-likeness (QED) is 0.0495. The maximum absolute atomic E-state index is 13.5. The summed E-state index contributed by atoms with van der Waals surface area (Å²) < 4.78 is 6.28. The van der Waals surface area contributed by atoms with Crippen LogP contribution in [0.5, 0.6) is 0 Å². The minimum absolute atomic E-state index is 0.0834. The molecule has 1 fully saturated rings. The lowest BCUT2D eigenvalue weighted by Crippen LogP contribution is -2.57. The molecular formula is C34H52N4O4S. The monoisotopic (exact) mass is 612 g/mol. The van der Waals surface area contributed by atoms with Crippen LogP contribution in [0.1, 0.15) is 106 Å². The van der Waals surface area contributed by atoms with Crippen LogP contribution in [0.15, 0.2) is 51.5 Å². The SMILES string of the molecule is CCCCCCCN=C=O.CCCCN1C(=O)C(=C2C=C(C)C3=CCC(N(CC)CC)C=C3O2)C(=O)N(CCCC)C1=S. The fourth-order valence-electron chi connectivity index (χ4n) is 5.37. The molecule has 2 amide bonds. The molecule has 0 aromatic heterocycles. The van der Waals surface area contributed by atoms with E-state index < -0.39 is 0 Å². The van der Waals surface area contributed by atoms with Crippen LogP contribution in [-0.2, 0) is 19.1 Å². The van der Waals surface area contributed by atoms with Gasteiger partial charge in [-0.15, -0.1) is 0 Å². The van der Waals surface area contributed by atoms with Crippen LogP contribution < -0.4 is 0 Å².